The third-order valence-corrected chi connectivity index (χ3v) is 7.00. The van der Waals surface area contributed by atoms with Gasteiger partial charge in [0.2, 0.25) is 11.9 Å². The third-order valence-electron chi connectivity index (χ3n) is 6.60. The van der Waals surface area contributed by atoms with Gasteiger partial charge in [-0.2, -0.15) is 13.2 Å². The van der Waals surface area contributed by atoms with Crippen molar-refractivity contribution in [3.63, 3.8) is 0 Å². The minimum absolute atomic E-state index is 0.0237. The second-order valence-corrected chi connectivity index (χ2v) is 9.45. The van der Waals surface area contributed by atoms with E-state index in [1.165, 1.54) is 12.1 Å². The molecule has 2 aliphatic heterocycles. The number of aryl methyl sites for hydroxylation is 1. The Morgan fingerprint density at radius 2 is 1.94 bits per heavy atom. The first-order valence-corrected chi connectivity index (χ1v) is 11.9. The van der Waals surface area contributed by atoms with E-state index in [2.05, 4.69) is 10.3 Å². The summed E-state index contributed by atoms with van der Waals surface area (Å²) in [4.78, 5) is 23.3. The number of halogens is 4. The number of aromatic nitrogens is 3. The molecule has 3 aromatic rings. The van der Waals surface area contributed by atoms with E-state index in [1.807, 2.05) is 11.8 Å². The normalized spacial score (nSPS) is 19.5. The zero-order valence-electron chi connectivity index (χ0n) is 19.1. The van der Waals surface area contributed by atoms with Gasteiger partial charge in [-0.15, -0.1) is 0 Å². The monoisotopic (exact) mass is 507 g/mol. The molecular weight excluding hydrogens is 483 g/mol. The fourth-order valence-corrected chi connectivity index (χ4v) is 4.80. The molecule has 0 bridgehead atoms. The van der Waals surface area contributed by atoms with Crippen LogP contribution in [-0.2, 0) is 15.7 Å². The van der Waals surface area contributed by atoms with Crippen LogP contribution in [0.2, 0.25) is 5.02 Å². The van der Waals surface area contributed by atoms with Crippen molar-refractivity contribution in [1.82, 2.24) is 19.9 Å². The van der Waals surface area contributed by atoms with Gasteiger partial charge < -0.3 is 15.0 Å². The Kier molecular flexibility index (Phi) is 6.35. The number of imidazole rings is 1. The van der Waals surface area contributed by atoms with E-state index in [-0.39, 0.29) is 23.7 Å². The number of piperidine rings is 1. The summed E-state index contributed by atoms with van der Waals surface area (Å²) in [6, 6.07) is 7.40. The lowest BCUT2D eigenvalue weighted by Crippen LogP contribution is -2.44. The molecule has 11 heteroatoms. The fraction of sp³-hybridized carbons (Fsp3) is 0.458. The van der Waals surface area contributed by atoms with Gasteiger partial charge >= 0.3 is 6.18 Å². The summed E-state index contributed by atoms with van der Waals surface area (Å²) >= 11 is 6.31. The first-order chi connectivity index (χ1) is 16.7. The molecule has 2 saturated heterocycles. The number of alkyl halides is 3. The largest absolute Gasteiger partial charge is 0.433 e. The summed E-state index contributed by atoms with van der Waals surface area (Å²) < 4.78 is 47.2. The molecule has 2 aromatic heterocycles. The lowest BCUT2D eigenvalue weighted by atomic mass is 9.95. The first-order valence-electron chi connectivity index (χ1n) is 11.6. The average molecular weight is 508 g/mol. The molecule has 2 fully saturated rings. The van der Waals surface area contributed by atoms with E-state index in [1.54, 1.807) is 16.7 Å². The van der Waals surface area contributed by atoms with Crippen LogP contribution in [0.5, 0.6) is 0 Å². The van der Waals surface area contributed by atoms with Crippen molar-refractivity contribution in [2.45, 2.75) is 38.4 Å². The van der Waals surface area contributed by atoms with Gasteiger partial charge in [0.25, 0.3) is 0 Å². The quantitative estimate of drug-likeness (QED) is 0.562. The lowest BCUT2D eigenvalue weighted by Gasteiger charge is -2.32. The Bertz CT molecular complexity index is 1250. The second-order valence-electron chi connectivity index (χ2n) is 9.05. The molecule has 35 heavy (non-hydrogen) atoms. The molecule has 7 nitrogen and oxygen atoms in total. The number of hydrogen-bond donors (Lipinski definition) is 1. The van der Waals surface area contributed by atoms with Crippen LogP contribution in [0.3, 0.4) is 0 Å². The number of hydrogen-bond acceptors (Lipinski definition) is 5. The van der Waals surface area contributed by atoms with E-state index in [0.29, 0.717) is 61.1 Å². The smallest absolute Gasteiger partial charge is 0.379 e. The fourth-order valence-electron chi connectivity index (χ4n) is 4.64. The Balaban J connectivity index is 1.46. The zero-order chi connectivity index (χ0) is 24.7. The molecule has 1 unspecified atom stereocenters. The van der Waals surface area contributed by atoms with Gasteiger partial charge in [-0.25, -0.2) is 9.97 Å². The number of pyridine rings is 1. The topological polar surface area (TPSA) is 72.3 Å². The minimum atomic E-state index is -4.57. The van der Waals surface area contributed by atoms with Crippen molar-refractivity contribution in [2.75, 3.05) is 31.2 Å². The van der Waals surface area contributed by atoms with Gasteiger partial charge in [-0.1, -0.05) is 17.7 Å². The summed E-state index contributed by atoms with van der Waals surface area (Å²) in [7, 11) is 0. The van der Waals surface area contributed by atoms with Crippen LogP contribution >= 0.6 is 11.6 Å². The maximum Gasteiger partial charge on any atom is 0.433 e. The summed E-state index contributed by atoms with van der Waals surface area (Å²) in [6.07, 6.45) is -2.53. The van der Waals surface area contributed by atoms with E-state index in [9.17, 15) is 18.0 Å². The number of amides is 1. The molecule has 186 valence electrons. The molecule has 0 saturated carbocycles. The highest BCUT2D eigenvalue weighted by atomic mass is 35.5. The molecule has 1 aromatic carbocycles. The highest BCUT2D eigenvalue weighted by molar-refractivity contribution is 6.32. The Morgan fingerprint density at radius 1 is 1.17 bits per heavy atom. The van der Waals surface area contributed by atoms with Crippen LogP contribution in [0.4, 0.5) is 19.1 Å². The van der Waals surface area contributed by atoms with Crippen LogP contribution in [-0.4, -0.2) is 52.8 Å². The number of carbonyl (C=O) groups is 1. The molecule has 0 spiro atoms. The Morgan fingerprint density at radius 3 is 2.63 bits per heavy atom. The Labute approximate surface area is 205 Å². The molecule has 4 heterocycles. The predicted molar refractivity (Wildman–Crippen MR) is 126 cm³/mol. The summed E-state index contributed by atoms with van der Waals surface area (Å²) in [5, 5.41) is 3.59. The van der Waals surface area contributed by atoms with Crippen LogP contribution in [0.15, 0.2) is 30.3 Å². The molecule has 2 aliphatic rings. The van der Waals surface area contributed by atoms with Gasteiger partial charge in [0, 0.05) is 30.6 Å². The van der Waals surface area contributed by atoms with Gasteiger partial charge in [0.1, 0.15) is 11.5 Å². The molecule has 1 N–H and O–H groups in total. The van der Waals surface area contributed by atoms with Gasteiger partial charge in [-0.3, -0.25) is 9.36 Å². The highest BCUT2D eigenvalue weighted by Gasteiger charge is 2.34. The van der Waals surface area contributed by atoms with Crippen LogP contribution in [0.1, 0.15) is 30.5 Å². The van der Waals surface area contributed by atoms with E-state index < -0.39 is 11.9 Å². The number of ether oxygens (including phenoxy) is 1. The van der Waals surface area contributed by atoms with Crippen molar-refractivity contribution in [2.24, 2.45) is 5.92 Å². The second kappa shape index (κ2) is 9.31. The van der Waals surface area contributed by atoms with E-state index >= 15 is 0 Å². The molecule has 5 rings (SSSR count). The van der Waals surface area contributed by atoms with E-state index in [4.69, 9.17) is 21.3 Å². The van der Waals surface area contributed by atoms with Crippen LogP contribution in [0.25, 0.3) is 16.9 Å². The number of anilines is 1. The van der Waals surface area contributed by atoms with Crippen molar-refractivity contribution in [1.29, 1.82) is 0 Å². The van der Waals surface area contributed by atoms with Gasteiger partial charge in [0.05, 0.1) is 23.7 Å². The average Bonchev–Trinajstić information content (AvgIpc) is 3.47. The summed E-state index contributed by atoms with van der Waals surface area (Å²) in [5.41, 5.74) is 0.996. The first kappa shape index (κ1) is 23.9. The maximum absolute atomic E-state index is 13.4. The minimum Gasteiger partial charge on any atom is -0.379 e. The molecule has 1 atom stereocenters. The standard InChI is InChI=1S/C24H25ClF3N5O2/c1-14-11-19-18(12-17(14)25)30-23(33(19)21-4-2-3-20(31-21)24(26,27)28)32-8-5-15(6-9-32)22(34)29-16-7-10-35-13-16/h2-4,11-12,15-16H,5-10,13H2,1H3,(H,29,34). The van der Waals surface area contributed by atoms with Crippen molar-refractivity contribution >= 4 is 34.5 Å². The summed E-state index contributed by atoms with van der Waals surface area (Å²) in [5.74, 6) is 0.500. The molecule has 1 amide bonds. The summed E-state index contributed by atoms with van der Waals surface area (Å²) in [6.45, 7) is 4.10. The highest BCUT2D eigenvalue weighted by Crippen LogP contribution is 2.34. The molecule has 0 radical (unpaired) electrons. The molecular formula is C24H25ClF3N5O2. The maximum atomic E-state index is 13.4. The third kappa shape index (κ3) is 4.81. The Hall–Kier alpha value is -2.85. The van der Waals surface area contributed by atoms with Crippen molar-refractivity contribution in [3.05, 3.63) is 46.6 Å². The zero-order valence-corrected chi connectivity index (χ0v) is 19.9. The van der Waals surface area contributed by atoms with Crippen molar-refractivity contribution in [3.8, 4) is 5.82 Å². The van der Waals surface area contributed by atoms with Crippen LogP contribution < -0.4 is 10.2 Å². The number of benzene rings is 1. The number of carbonyl (C=O) groups excluding carboxylic acids is 1. The number of rotatable bonds is 4. The lowest BCUT2D eigenvalue weighted by molar-refractivity contribution is -0.141. The number of nitrogens with zero attached hydrogens (tertiary/aromatic N) is 4. The SMILES string of the molecule is Cc1cc2c(cc1Cl)nc(N1CCC(C(=O)NC3CCOC3)CC1)n2-c1cccc(C(F)(F)F)n1. The number of nitrogens with one attached hydrogen (secondary N) is 1. The van der Waals surface area contributed by atoms with Gasteiger partial charge in [0.15, 0.2) is 0 Å². The van der Waals surface area contributed by atoms with Crippen molar-refractivity contribution < 1.29 is 22.7 Å². The predicted octanol–water partition coefficient (Wildman–Crippen LogP) is 4.52. The molecule has 0 aliphatic carbocycles. The number of fused-ring (bicyclic) bond motifs is 1. The van der Waals surface area contributed by atoms with Gasteiger partial charge in [-0.05, 0) is 56.0 Å². The van der Waals surface area contributed by atoms with E-state index in [0.717, 1.165) is 18.1 Å². The van der Waals surface area contributed by atoms with Crippen LogP contribution in [0, 0.1) is 12.8 Å².